The van der Waals surface area contributed by atoms with Crippen molar-refractivity contribution in [2.45, 2.75) is 25.1 Å². The third-order valence-corrected chi connectivity index (χ3v) is 3.78. The highest BCUT2D eigenvalue weighted by Crippen LogP contribution is 2.31. The number of alkyl halides is 1. The van der Waals surface area contributed by atoms with Crippen molar-refractivity contribution in [2.75, 3.05) is 0 Å². The zero-order chi connectivity index (χ0) is 11.5. The summed E-state index contributed by atoms with van der Waals surface area (Å²) in [5, 5.41) is 0. The van der Waals surface area contributed by atoms with E-state index in [1.165, 1.54) is 16.7 Å². The first-order chi connectivity index (χ1) is 7.70. The minimum Gasteiger partial charge on any atom is -0.469 e. The maximum Gasteiger partial charge on any atom is 0.101 e. The first-order valence-electron chi connectivity index (χ1n) is 5.48. The van der Waals surface area contributed by atoms with Crippen LogP contribution in [0.25, 0.3) is 0 Å². The average Bonchev–Trinajstić information content (AvgIpc) is 2.75. The summed E-state index contributed by atoms with van der Waals surface area (Å²) in [7, 11) is 0. The van der Waals surface area contributed by atoms with Gasteiger partial charge < -0.3 is 4.42 Å². The van der Waals surface area contributed by atoms with Crippen LogP contribution >= 0.6 is 15.9 Å². The maximum atomic E-state index is 5.32. The molecule has 1 aromatic carbocycles. The molecule has 1 nitrogen and oxygen atoms in total. The van der Waals surface area contributed by atoms with Crippen LogP contribution in [-0.4, -0.2) is 0 Å². The second-order valence-electron chi connectivity index (χ2n) is 3.95. The Morgan fingerprint density at radius 3 is 2.38 bits per heavy atom. The fraction of sp³-hybridized carbons (Fsp3) is 0.286. The Bertz CT molecular complexity index is 456. The third-order valence-electron chi connectivity index (χ3n) is 2.72. The van der Waals surface area contributed by atoms with Crippen LogP contribution in [0.4, 0.5) is 0 Å². The minimum atomic E-state index is 0.218. The number of furan rings is 1. The van der Waals surface area contributed by atoms with Crippen molar-refractivity contribution in [3.05, 3.63) is 59.0 Å². The number of rotatable bonds is 3. The Labute approximate surface area is 105 Å². The minimum absolute atomic E-state index is 0.218. The van der Waals surface area contributed by atoms with Crippen LogP contribution in [-0.2, 0) is 6.42 Å². The van der Waals surface area contributed by atoms with E-state index < -0.39 is 0 Å². The Hall–Kier alpha value is -1.02. The van der Waals surface area contributed by atoms with Gasteiger partial charge in [0.25, 0.3) is 0 Å². The lowest BCUT2D eigenvalue weighted by atomic mass is 10.0. The topological polar surface area (TPSA) is 13.1 Å². The number of benzene rings is 1. The molecule has 2 heteroatoms. The normalized spacial score (nSPS) is 12.7. The van der Waals surface area contributed by atoms with Gasteiger partial charge in [-0.15, -0.1) is 0 Å². The molecule has 0 N–H and O–H groups in total. The lowest BCUT2D eigenvalue weighted by Gasteiger charge is -2.08. The predicted octanol–water partition coefficient (Wildman–Crippen LogP) is 4.63. The molecule has 0 aliphatic carbocycles. The summed E-state index contributed by atoms with van der Waals surface area (Å²) in [5.41, 5.74) is 3.80. The summed E-state index contributed by atoms with van der Waals surface area (Å²) in [6, 6.07) is 10.8. The molecule has 0 saturated heterocycles. The molecule has 1 unspecified atom stereocenters. The fourth-order valence-electron chi connectivity index (χ4n) is 1.71. The van der Waals surface area contributed by atoms with Gasteiger partial charge in [0.15, 0.2) is 0 Å². The molecular weight excluding hydrogens is 264 g/mol. The van der Waals surface area contributed by atoms with E-state index in [-0.39, 0.29) is 4.83 Å². The van der Waals surface area contributed by atoms with Crippen molar-refractivity contribution in [1.82, 2.24) is 0 Å². The van der Waals surface area contributed by atoms with Crippen molar-refractivity contribution in [3.63, 3.8) is 0 Å². The monoisotopic (exact) mass is 278 g/mol. The van der Waals surface area contributed by atoms with Gasteiger partial charge in [0.2, 0.25) is 0 Å². The smallest absolute Gasteiger partial charge is 0.101 e. The maximum absolute atomic E-state index is 5.32. The van der Waals surface area contributed by atoms with Crippen molar-refractivity contribution in [2.24, 2.45) is 0 Å². The molecule has 0 aliphatic heterocycles. The van der Waals surface area contributed by atoms with Crippen LogP contribution in [0.15, 0.2) is 41.0 Å². The summed E-state index contributed by atoms with van der Waals surface area (Å²) in [6.45, 7) is 4.13. The molecule has 0 spiro atoms. The van der Waals surface area contributed by atoms with Gasteiger partial charge in [-0.2, -0.15) is 0 Å². The number of halogens is 1. The van der Waals surface area contributed by atoms with Crippen LogP contribution in [0, 0.1) is 6.92 Å². The zero-order valence-electron chi connectivity index (χ0n) is 9.53. The van der Waals surface area contributed by atoms with Crippen molar-refractivity contribution >= 4 is 15.9 Å². The molecule has 0 aliphatic rings. The van der Waals surface area contributed by atoms with Crippen LogP contribution in [0.5, 0.6) is 0 Å². The molecule has 0 saturated carbocycles. The third kappa shape index (κ3) is 2.38. The van der Waals surface area contributed by atoms with E-state index in [4.69, 9.17) is 4.42 Å². The number of hydrogen-bond donors (Lipinski definition) is 0. The van der Waals surface area contributed by atoms with E-state index in [0.29, 0.717) is 0 Å². The summed E-state index contributed by atoms with van der Waals surface area (Å²) in [4.78, 5) is 0.218. The SMILES string of the molecule is CCc1ccc(C(Br)c2coc(C)c2)cc1. The second-order valence-corrected chi connectivity index (χ2v) is 4.86. The van der Waals surface area contributed by atoms with E-state index in [2.05, 4.69) is 53.2 Å². The summed E-state index contributed by atoms with van der Waals surface area (Å²) in [6.07, 6.45) is 2.89. The van der Waals surface area contributed by atoms with E-state index in [0.717, 1.165) is 12.2 Å². The molecule has 1 aromatic heterocycles. The van der Waals surface area contributed by atoms with Crippen LogP contribution < -0.4 is 0 Å². The highest BCUT2D eigenvalue weighted by molar-refractivity contribution is 9.09. The molecule has 2 rings (SSSR count). The lowest BCUT2D eigenvalue weighted by Crippen LogP contribution is -1.91. The lowest BCUT2D eigenvalue weighted by molar-refractivity contribution is 0.532. The van der Waals surface area contributed by atoms with Gasteiger partial charge in [0.1, 0.15) is 5.76 Å². The average molecular weight is 279 g/mol. The highest BCUT2D eigenvalue weighted by Gasteiger charge is 2.12. The van der Waals surface area contributed by atoms with Crippen molar-refractivity contribution in [1.29, 1.82) is 0 Å². The second kappa shape index (κ2) is 4.88. The van der Waals surface area contributed by atoms with Gasteiger partial charge >= 0.3 is 0 Å². The standard InChI is InChI=1S/C14H15BrO/c1-3-11-4-6-12(7-5-11)14(15)13-8-10(2)16-9-13/h4-9,14H,3H2,1-2H3. The molecule has 0 amide bonds. The first-order valence-corrected chi connectivity index (χ1v) is 6.40. The summed E-state index contributed by atoms with van der Waals surface area (Å²) >= 11 is 3.69. The summed E-state index contributed by atoms with van der Waals surface area (Å²) < 4.78 is 5.32. The van der Waals surface area contributed by atoms with Gasteiger partial charge in [-0.1, -0.05) is 47.1 Å². The Morgan fingerprint density at radius 1 is 1.19 bits per heavy atom. The highest BCUT2D eigenvalue weighted by atomic mass is 79.9. The first kappa shape index (κ1) is 11.5. The van der Waals surface area contributed by atoms with Crippen LogP contribution in [0.2, 0.25) is 0 Å². The molecule has 1 atom stereocenters. The Kier molecular flexibility index (Phi) is 3.49. The quantitative estimate of drug-likeness (QED) is 0.746. The molecule has 1 heterocycles. The number of aryl methyl sites for hydroxylation is 2. The molecule has 16 heavy (non-hydrogen) atoms. The molecule has 0 radical (unpaired) electrons. The molecular formula is C14H15BrO. The molecule has 2 aromatic rings. The van der Waals surface area contributed by atoms with E-state index in [1.807, 2.05) is 13.2 Å². The van der Waals surface area contributed by atoms with Gasteiger partial charge in [0, 0.05) is 5.56 Å². The van der Waals surface area contributed by atoms with Crippen LogP contribution in [0.3, 0.4) is 0 Å². The predicted molar refractivity (Wildman–Crippen MR) is 70.0 cm³/mol. The zero-order valence-corrected chi connectivity index (χ0v) is 11.1. The molecule has 84 valence electrons. The fourth-order valence-corrected chi connectivity index (χ4v) is 2.26. The Morgan fingerprint density at radius 2 is 1.88 bits per heavy atom. The van der Waals surface area contributed by atoms with Crippen LogP contribution in [0.1, 0.15) is 34.2 Å². The van der Waals surface area contributed by atoms with Crippen molar-refractivity contribution in [3.8, 4) is 0 Å². The van der Waals surface area contributed by atoms with Gasteiger partial charge in [-0.25, -0.2) is 0 Å². The van der Waals surface area contributed by atoms with Crippen molar-refractivity contribution < 1.29 is 4.42 Å². The molecule has 0 fully saturated rings. The summed E-state index contributed by atoms with van der Waals surface area (Å²) in [5.74, 6) is 0.949. The van der Waals surface area contributed by atoms with E-state index in [1.54, 1.807) is 0 Å². The van der Waals surface area contributed by atoms with E-state index >= 15 is 0 Å². The van der Waals surface area contributed by atoms with Gasteiger partial charge in [0.05, 0.1) is 11.1 Å². The van der Waals surface area contributed by atoms with Gasteiger partial charge in [-0.3, -0.25) is 0 Å². The largest absolute Gasteiger partial charge is 0.469 e. The van der Waals surface area contributed by atoms with E-state index in [9.17, 15) is 0 Å². The van der Waals surface area contributed by atoms with Gasteiger partial charge in [-0.05, 0) is 30.5 Å². The molecule has 0 bridgehead atoms. The number of hydrogen-bond acceptors (Lipinski definition) is 1. The Balaban J connectivity index is 2.23.